The van der Waals surface area contributed by atoms with Crippen molar-refractivity contribution in [2.24, 2.45) is 5.92 Å². The molecule has 0 spiro atoms. The molecule has 1 unspecified atom stereocenters. The van der Waals surface area contributed by atoms with E-state index in [0.717, 1.165) is 64.3 Å². The highest BCUT2D eigenvalue weighted by molar-refractivity contribution is 5.78. The summed E-state index contributed by atoms with van der Waals surface area (Å²) in [5.74, 6) is 1.38. The van der Waals surface area contributed by atoms with Gasteiger partial charge in [0.1, 0.15) is 0 Å². The number of nitrogens with one attached hydrogen (secondary N) is 1. The molecule has 2 saturated heterocycles. The Balaban J connectivity index is 1.24. The lowest BCUT2D eigenvalue weighted by molar-refractivity contribution is -0.126. The lowest BCUT2D eigenvalue weighted by atomic mass is 9.97. The van der Waals surface area contributed by atoms with Gasteiger partial charge in [-0.05, 0) is 26.3 Å². The zero-order valence-corrected chi connectivity index (χ0v) is 17.7. The van der Waals surface area contributed by atoms with Crippen molar-refractivity contribution in [3.63, 3.8) is 0 Å². The van der Waals surface area contributed by atoms with E-state index in [-0.39, 0.29) is 11.8 Å². The SMILES string of the molecule is Cc1ccc(-c2noc(CN3CCCC(C(=O)NCCN4CCOCC4)C3)n2)cc1. The molecule has 30 heavy (non-hydrogen) atoms. The quantitative estimate of drug-likeness (QED) is 0.740. The summed E-state index contributed by atoms with van der Waals surface area (Å²) in [6.45, 7) is 9.34. The number of morpholine rings is 1. The van der Waals surface area contributed by atoms with Crippen molar-refractivity contribution in [1.29, 1.82) is 0 Å². The molecule has 1 N–H and O–H groups in total. The number of rotatable bonds is 7. The van der Waals surface area contributed by atoms with Crippen molar-refractivity contribution in [1.82, 2.24) is 25.3 Å². The molecular weight excluding hydrogens is 382 g/mol. The molecule has 1 atom stereocenters. The highest BCUT2D eigenvalue weighted by Crippen LogP contribution is 2.20. The second-order valence-electron chi connectivity index (χ2n) is 8.20. The molecule has 0 saturated carbocycles. The first-order valence-electron chi connectivity index (χ1n) is 10.9. The number of aryl methyl sites for hydroxylation is 1. The average molecular weight is 414 g/mol. The number of carbonyl (C=O) groups is 1. The van der Waals surface area contributed by atoms with Crippen LogP contribution >= 0.6 is 0 Å². The number of hydrogen-bond donors (Lipinski definition) is 1. The summed E-state index contributed by atoms with van der Waals surface area (Å²) in [7, 11) is 0. The Kier molecular flexibility index (Phi) is 7.09. The molecular formula is C22H31N5O3. The van der Waals surface area contributed by atoms with Crippen molar-refractivity contribution >= 4 is 5.91 Å². The minimum absolute atomic E-state index is 0.0166. The molecule has 0 aliphatic carbocycles. The second-order valence-corrected chi connectivity index (χ2v) is 8.20. The molecule has 8 heteroatoms. The van der Waals surface area contributed by atoms with Crippen LogP contribution in [0.2, 0.25) is 0 Å². The zero-order valence-electron chi connectivity index (χ0n) is 17.7. The smallest absolute Gasteiger partial charge is 0.241 e. The molecule has 1 amide bonds. The first kappa shape index (κ1) is 21.0. The maximum absolute atomic E-state index is 12.6. The number of carbonyl (C=O) groups excluding carboxylic acids is 1. The molecule has 2 aliphatic heterocycles. The number of aromatic nitrogens is 2. The van der Waals surface area contributed by atoms with Gasteiger partial charge in [-0.15, -0.1) is 0 Å². The summed E-state index contributed by atoms with van der Waals surface area (Å²) in [5.41, 5.74) is 2.15. The fourth-order valence-corrected chi connectivity index (χ4v) is 4.05. The Hall–Kier alpha value is -2.29. The summed E-state index contributed by atoms with van der Waals surface area (Å²) in [6, 6.07) is 8.08. The molecule has 0 bridgehead atoms. The number of piperidine rings is 1. The topological polar surface area (TPSA) is 83.7 Å². The molecule has 2 aliphatic rings. The summed E-state index contributed by atoms with van der Waals surface area (Å²) in [6.07, 6.45) is 1.93. The standard InChI is InChI=1S/C22H31N5O3/c1-17-4-6-18(7-5-17)21-24-20(30-25-21)16-27-9-2-3-19(15-27)22(28)23-8-10-26-11-13-29-14-12-26/h4-7,19H,2-3,8-16H2,1H3,(H,23,28). The van der Waals surface area contributed by atoms with Crippen molar-refractivity contribution in [2.45, 2.75) is 26.3 Å². The van der Waals surface area contributed by atoms with Gasteiger partial charge in [-0.2, -0.15) is 4.98 Å². The molecule has 8 nitrogen and oxygen atoms in total. The van der Waals surface area contributed by atoms with E-state index in [1.54, 1.807) is 0 Å². The minimum atomic E-state index is 0.0166. The Morgan fingerprint density at radius 1 is 1.17 bits per heavy atom. The number of amides is 1. The number of likely N-dealkylation sites (tertiary alicyclic amines) is 1. The van der Waals surface area contributed by atoms with Crippen LogP contribution in [0.15, 0.2) is 28.8 Å². The highest BCUT2D eigenvalue weighted by atomic mass is 16.5. The van der Waals surface area contributed by atoms with E-state index in [9.17, 15) is 4.79 Å². The maximum Gasteiger partial charge on any atom is 0.241 e. The molecule has 0 radical (unpaired) electrons. The number of hydrogen-bond acceptors (Lipinski definition) is 7. The first-order chi connectivity index (χ1) is 14.7. The summed E-state index contributed by atoms with van der Waals surface area (Å²) in [4.78, 5) is 21.7. The van der Waals surface area contributed by atoms with Crippen LogP contribution in [0.25, 0.3) is 11.4 Å². The van der Waals surface area contributed by atoms with E-state index in [0.29, 0.717) is 24.8 Å². The van der Waals surface area contributed by atoms with Crippen LogP contribution in [0.4, 0.5) is 0 Å². The Bertz CT molecular complexity index is 816. The fourth-order valence-electron chi connectivity index (χ4n) is 4.05. The van der Waals surface area contributed by atoms with E-state index in [1.807, 2.05) is 24.3 Å². The monoisotopic (exact) mass is 413 g/mol. The predicted octanol–water partition coefficient (Wildman–Crippen LogP) is 1.71. The van der Waals surface area contributed by atoms with Gasteiger partial charge < -0.3 is 14.6 Å². The van der Waals surface area contributed by atoms with Crippen LogP contribution in [0.1, 0.15) is 24.3 Å². The lowest BCUT2D eigenvalue weighted by Crippen LogP contribution is -2.45. The normalized spacial score (nSPS) is 20.9. The average Bonchev–Trinajstić information content (AvgIpc) is 3.23. The molecule has 2 fully saturated rings. The highest BCUT2D eigenvalue weighted by Gasteiger charge is 2.27. The fraction of sp³-hybridized carbons (Fsp3) is 0.591. The van der Waals surface area contributed by atoms with Gasteiger partial charge in [-0.25, -0.2) is 0 Å². The Morgan fingerprint density at radius 2 is 1.97 bits per heavy atom. The molecule has 1 aromatic carbocycles. The third kappa shape index (κ3) is 5.65. The van der Waals surface area contributed by atoms with Gasteiger partial charge in [0.25, 0.3) is 0 Å². The van der Waals surface area contributed by atoms with Crippen LogP contribution in [-0.4, -0.2) is 78.3 Å². The predicted molar refractivity (Wildman–Crippen MR) is 113 cm³/mol. The lowest BCUT2D eigenvalue weighted by Gasteiger charge is -2.31. The van der Waals surface area contributed by atoms with Crippen LogP contribution in [0, 0.1) is 12.8 Å². The number of ether oxygens (including phenoxy) is 1. The third-order valence-electron chi connectivity index (χ3n) is 5.84. The second kappa shape index (κ2) is 10.1. The van der Waals surface area contributed by atoms with Gasteiger partial charge >= 0.3 is 0 Å². The van der Waals surface area contributed by atoms with E-state index >= 15 is 0 Å². The van der Waals surface area contributed by atoms with Crippen LogP contribution < -0.4 is 5.32 Å². The van der Waals surface area contributed by atoms with Crippen LogP contribution in [-0.2, 0) is 16.1 Å². The molecule has 4 rings (SSSR count). The Labute approximate surface area is 177 Å². The largest absolute Gasteiger partial charge is 0.379 e. The van der Waals surface area contributed by atoms with E-state index < -0.39 is 0 Å². The van der Waals surface area contributed by atoms with E-state index in [4.69, 9.17) is 9.26 Å². The van der Waals surface area contributed by atoms with Gasteiger partial charge in [0.15, 0.2) is 0 Å². The Morgan fingerprint density at radius 3 is 2.77 bits per heavy atom. The van der Waals surface area contributed by atoms with Crippen molar-refractivity contribution in [2.75, 3.05) is 52.5 Å². The van der Waals surface area contributed by atoms with Crippen LogP contribution in [0.3, 0.4) is 0 Å². The van der Waals surface area contributed by atoms with Gasteiger partial charge in [0, 0.05) is 38.3 Å². The van der Waals surface area contributed by atoms with Crippen molar-refractivity contribution in [3.05, 3.63) is 35.7 Å². The number of nitrogens with zero attached hydrogens (tertiary/aromatic N) is 4. The number of benzene rings is 1. The van der Waals surface area contributed by atoms with Gasteiger partial charge in [0.05, 0.1) is 25.7 Å². The van der Waals surface area contributed by atoms with Gasteiger partial charge in [-0.3, -0.25) is 14.6 Å². The minimum Gasteiger partial charge on any atom is -0.379 e. The summed E-state index contributed by atoms with van der Waals surface area (Å²) < 4.78 is 10.8. The van der Waals surface area contributed by atoms with Crippen molar-refractivity contribution < 1.29 is 14.1 Å². The van der Waals surface area contributed by atoms with Crippen molar-refractivity contribution in [3.8, 4) is 11.4 Å². The maximum atomic E-state index is 12.6. The summed E-state index contributed by atoms with van der Waals surface area (Å²) >= 11 is 0. The zero-order chi connectivity index (χ0) is 20.8. The molecule has 162 valence electrons. The third-order valence-corrected chi connectivity index (χ3v) is 5.84. The molecule has 3 heterocycles. The van der Waals surface area contributed by atoms with Gasteiger partial charge in [-0.1, -0.05) is 35.0 Å². The molecule has 2 aromatic rings. The van der Waals surface area contributed by atoms with E-state index in [1.165, 1.54) is 5.56 Å². The summed E-state index contributed by atoms with van der Waals surface area (Å²) in [5, 5.41) is 7.23. The van der Waals surface area contributed by atoms with Crippen LogP contribution in [0.5, 0.6) is 0 Å². The van der Waals surface area contributed by atoms with Gasteiger partial charge in [0.2, 0.25) is 17.6 Å². The molecule has 1 aromatic heterocycles. The van der Waals surface area contributed by atoms with E-state index in [2.05, 4.69) is 32.2 Å². The first-order valence-corrected chi connectivity index (χ1v) is 10.9.